The van der Waals surface area contributed by atoms with Gasteiger partial charge in [-0.1, -0.05) is 13.8 Å². The zero-order valence-electron chi connectivity index (χ0n) is 7.82. The number of hydrogen-bond acceptors (Lipinski definition) is 4. The molecule has 0 aromatic carbocycles. The molecule has 0 amide bonds. The van der Waals surface area contributed by atoms with E-state index in [1.54, 1.807) is 0 Å². The molecule has 1 atom stereocenters. The molecule has 5 nitrogen and oxygen atoms in total. The largest absolute Gasteiger partial charge is 0.335 e. The fourth-order valence-corrected chi connectivity index (χ4v) is 1.33. The van der Waals surface area contributed by atoms with Crippen molar-refractivity contribution >= 4 is 12.2 Å². The van der Waals surface area contributed by atoms with Gasteiger partial charge >= 0.3 is 0 Å². The van der Waals surface area contributed by atoms with E-state index in [0.29, 0.717) is 16.5 Å². The highest BCUT2D eigenvalue weighted by molar-refractivity contribution is 7.71. The van der Waals surface area contributed by atoms with Crippen LogP contribution in [0.2, 0.25) is 0 Å². The number of hydrogen-bond donors (Lipinski definition) is 3. The number of aromatic amines is 1. The zero-order chi connectivity index (χ0) is 10.0. The molecular formula is C7H15N5S. The standard InChI is InChI=1S/C7H15N5S/c1-4(2)3-5(8)6-10-11-7(13)12(6)9/h4-5H,3,8-9H2,1-2H3,(H,11,13). The topological polar surface area (TPSA) is 85.6 Å². The van der Waals surface area contributed by atoms with Crippen LogP contribution in [0.4, 0.5) is 0 Å². The van der Waals surface area contributed by atoms with Crippen LogP contribution in [-0.4, -0.2) is 14.9 Å². The van der Waals surface area contributed by atoms with Gasteiger partial charge in [0.05, 0.1) is 6.04 Å². The maximum absolute atomic E-state index is 5.88. The summed E-state index contributed by atoms with van der Waals surface area (Å²) in [6.45, 7) is 4.20. The van der Waals surface area contributed by atoms with Gasteiger partial charge < -0.3 is 11.6 Å². The predicted molar refractivity (Wildman–Crippen MR) is 53.9 cm³/mol. The zero-order valence-corrected chi connectivity index (χ0v) is 8.64. The lowest BCUT2D eigenvalue weighted by molar-refractivity contribution is 0.485. The van der Waals surface area contributed by atoms with Crippen LogP contribution < -0.4 is 11.6 Å². The molecule has 0 fully saturated rings. The quantitative estimate of drug-likeness (QED) is 0.496. The molecule has 1 unspecified atom stereocenters. The number of H-pyrrole nitrogens is 1. The summed E-state index contributed by atoms with van der Waals surface area (Å²) in [7, 11) is 0. The first-order valence-corrected chi connectivity index (χ1v) is 4.61. The Bertz CT molecular complexity index is 326. The van der Waals surface area contributed by atoms with E-state index in [1.165, 1.54) is 4.68 Å². The van der Waals surface area contributed by atoms with E-state index in [4.69, 9.17) is 23.8 Å². The Morgan fingerprint density at radius 2 is 2.23 bits per heavy atom. The van der Waals surface area contributed by atoms with Crippen LogP contribution in [-0.2, 0) is 0 Å². The first-order chi connectivity index (χ1) is 6.02. The fraction of sp³-hybridized carbons (Fsp3) is 0.714. The SMILES string of the molecule is CC(C)CC(N)c1n[nH]c(=S)n1N. The molecule has 0 saturated heterocycles. The molecule has 0 bridgehead atoms. The molecule has 0 spiro atoms. The van der Waals surface area contributed by atoms with Crippen LogP contribution in [0.3, 0.4) is 0 Å². The van der Waals surface area contributed by atoms with Crippen molar-refractivity contribution in [2.24, 2.45) is 11.7 Å². The van der Waals surface area contributed by atoms with Crippen molar-refractivity contribution in [3.8, 4) is 0 Å². The maximum Gasteiger partial charge on any atom is 0.214 e. The summed E-state index contributed by atoms with van der Waals surface area (Å²) in [4.78, 5) is 0. The van der Waals surface area contributed by atoms with Gasteiger partial charge in [-0.25, -0.2) is 4.68 Å². The van der Waals surface area contributed by atoms with Crippen molar-refractivity contribution < 1.29 is 0 Å². The lowest BCUT2D eigenvalue weighted by Crippen LogP contribution is -2.22. The van der Waals surface area contributed by atoms with Gasteiger partial charge in [-0.3, -0.25) is 5.10 Å². The molecular weight excluding hydrogens is 186 g/mol. The molecule has 1 aromatic rings. The average molecular weight is 201 g/mol. The van der Waals surface area contributed by atoms with Crippen molar-refractivity contribution in [1.82, 2.24) is 14.9 Å². The van der Waals surface area contributed by atoms with Crippen LogP contribution in [0.1, 0.15) is 32.1 Å². The van der Waals surface area contributed by atoms with E-state index >= 15 is 0 Å². The number of nitrogens with two attached hydrogens (primary N) is 2. The Morgan fingerprint density at radius 3 is 2.62 bits per heavy atom. The third kappa shape index (κ3) is 2.28. The summed E-state index contributed by atoms with van der Waals surface area (Å²) in [5.41, 5.74) is 5.88. The summed E-state index contributed by atoms with van der Waals surface area (Å²) >= 11 is 4.87. The number of nitrogen functional groups attached to an aromatic ring is 1. The second kappa shape index (κ2) is 3.89. The van der Waals surface area contributed by atoms with Crippen molar-refractivity contribution in [3.63, 3.8) is 0 Å². The smallest absolute Gasteiger partial charge is 0.214 e. The molecule has 0 radical (unpaired) electrons. The minimum absolute atomic E-state index is 0.155. The van der Waals surface area contributed by atoms with Gasteiger partial charge in [0.15, 0.2) is 5.82 Å². The predicted octanol–water partition coefficient (Wildman–Crippen LogP) is 0.700. The van der Waals surface area contributed by atoms with Crippen LogP contribution in [0.25, 0.3) is 0 Å². The maximum atomic E-state index is 5.88. The van der Waals surface area contributed by atoms with Gasteiger partial charge in [0.2, 0.25) is 4.77 Å². The van der Waals surface area contributed by atoms with Crippen molar-refractivity contribution in [2.75, 3.05) is 5.84 Å². The minimum Gasteiger partial charge on any atom is -0.335 e. The van der Waals surface area contributed by atoms with E-state index in [0.717, 1.165) is 6.42 Å². The number of aromatic nitrogens is 3. The first-order valence-electron chi connectivity index (χ1n) is 4.20. The van der Waals surface area contributed by atoms with Crippen molar-refractivity contribution in [3.05, 3.63) is 10.6 Å². The van der Waals surface area contributed by atoms with Crippen LogP contribution in [0.15, 0.2) is 0 Å². The van der Waals surface area contributed by atoms with Crippen molar-refractivity contribution in [2.45, 2.75) is 26.3 Å². The Morgan fingerprint density at radius 1 is 1.62 bits per heavy atom. The van der Waals surface area contributed by atoms with Crippen LogP contribution in [0, 0.1) is 10.7 Å². The van der Waals surface area contributed by atoms with Gasteiger partial charge in [0.1, 0.15) is 0 Å². The molecule has 1 heterocycles. The highest BCUT2D eigenvalue weighted by Gasteiger charge is 2.14. The van der Waals surface area contributed by atoms with Gasteiger partial charge in [-0.15, -0.1) is 0 Å². The summed E-state index contributed by atoms with van der Waals surface area (Å²) < 4.78 is 1.72. The third-order valence-electron chi connectivity index (χ3n) is 1.79. The third-order valence-corrected chi connectivity index (χ3v) is 2.08. The summed E-state index contributed by atoms with van der Waals surface area (Å²) in [5.74, 6) is 6.74. The fourth-order valence-electron chi connectivity index (χ4n) is 1.19. The molecule has 1 rings (SSSR count). The highest BCUT2D eigenvalue weighted by atomic mass is 32.1. The molecule has 5 N–H and O–H groups in total. The Balaban J connectivity index is 2.83. The Hall–Kier alpha value is -0.880. The minimum atomic E-state index is -0.155. The monoisotopic (exact) mass is 201 g/mol. The highest BCUT2D eigenvalue weighted by Crippen LogP contribution is 2.15. The van der Waals surface area contributed by atoms with E-state index in [1.807, 2.05) is 0 Å². The second-order valence-corrected chi connectivity index (χ2v) is 3.88. The molecule has 0 aliphatic rings. The molecule has 0 aliphatic carbocycles. The number of nitrogens with zero attached hydrogens (tertiary/aromatic N) is 2. The van der Waals surface area contributed by atoms with Crippen LogP contribution >= 0.6 is 12.2 Å². The van der Waals surface area contributed by atoms with Crippen LogP contribution in [0.5, 0.6) is 0 Å². The molecule has 0 aliphatic heterocycles. The number of nitrogens with one attached hydrogen (secondary N) is 1. The lowest BCUT2D eigenvalue weighted by atomic mass is 10.0. The normalized spacial score (nSPS) is 13.5. The van der Waals surface area contributed by atoms with E-state index in [9.17, 15) is 0 Å². The van der Waals surface area contributed by atoms with E-state index in [2.05, 4.69) is 24.0 Å². The average Bonchev–Trinajstić information content (AvgIpc) is 2.31. The molecule has 0 saturated carbocycles. The van der Waals surface area contributed by atoms with Gasteiger partial charge in [0.25, 0.3) is 0 Å². The Labute approximate surface area is 82.1 Å². The van der Waals surface area contributed by atoms with Gasteiger partial charge in [-0.2, -0.15) is 5.10 Å². The summed E-state index contributed by atoms with van der Waals surface area (Å²) in [5, 5.41) is 6.57. The lowest BCUT2D eigenvalue weighted by Gasteiger charge is -2.12. The molecule has 74 valence electrons. The van der Waals surface area contributed by atoms with E-state index in [-0.39, 0.29) is 6.04 Å². The summed E-state index contributed by atoms with van der Waals surface area (Å²) in [6, 6.07) is -0.155. The first kappa shape index (κ1) is 10.2. The van der Waals surface area contributed by atoms with Gasteiger partial charge in [-0.05, 0) is 24.6 Å². The molecule has 6 heteroatoms. The second-order valence-electron chi connectivity index (χ2n) is 3.49. The Kier molecular flexibility index (Phi) is 3.05. The van der Waals surface area contributed by atoms with Crippen molar-refractivity contribution in [1.29, 1.82) is 0 Å². The molecule has 1 aromatic heterocycles. The van der Waals surface area contributed by atoms with E-state index < -0.39 is 0 Å². The number of rotatable bonds is 3. The molecule has 13 heavy (non-hydrogen) atoms. The summed E-state index contributed by atoms with van der Waals surface area (Å²) in [6.07, 6.45) is 0.844. The van der Waals surface area contributed by atoms with Gasteiger partial charge in [0, 0.05) is 0 Å².